The number of likely N-dealkylation sites (tertiary alicyclic amines) is 1. The fourth-order valence-corrected chi connectivity index (χ4v) is 2.19. The molecule has 0 radical (unpaired) electrons. The smallest absolute Gasteiger partial charge is 0.317 e. The predicted octanol–water partition coefficient (Wildman–Crippen LogP) is 0.427. The van der Waals surface area contributed by atoms with E-state index in [1.54, 1.807) is 11.8 Å². The molecule has 2 heterocycles. The monoisotopic (exact) mass is 282 g/mol. The molecule has 0 aliphatic carbocycles. The van der Waals surface area contributed by atoms with Crippen LogP contribution in [0.15, 0.2) is 4.52 Å². The van der Waals surface area contributed by atoms with Crippen LogP contribution in [0.4, 0.5) is 4.79 Å². The molecule has 2 rings (SSSR count). The van der Waals surface area contributed by atoms with Gasteiger partial charge >= 0.3 is 12.0 Å². The second kappa shape index (κ2) is 6.36. The summed E-state index contributed by atoms with van der Waals surface area (Å²) >= 11 is 0. The molecule has 0 aromatic carbocycles. The van der Waals surface area contributed by atoms with Crippen LogP contribution in [0.5, 0.6) is 0 Å². The van der Waals surface area contributed by atoms with Crippen LogP contribution in [-0.4, -0.2) is 51.8 Å². The zero-order chi connectivity index (χ0) is 14.5. The van der Waals surface area contributed by atoms with E-state index in [-0.39, 0.29) is 12.6 Å². The number of carboxylic acids is 1. The van der Waals surface area contributed by atoms with Crippen LogP contribution in [0.2, 0.25) is 0 Å². The second-order valence-corrected chi connectivity index (χ2v) is 4.84. The Hall–Kier alpha value is -2.12. The molecule has 1 saturated heterocycles. The lowest BCUT2D eigenvalue weighted by molar-refractivity contribution is -0.143. The average Bonchev–Trinajstić information content (AvgIpc) is 2.84. The summed E-state index contributed by atoms with van der Waals surface area (Å²) < 4.78 is 4.94. The van der Waals surface area contributed by atoms with Gasteiger partial charge in [-0.05, 0) is 19.8 Å². The molecule has 1 aromatic heterocycles. The Morgan fingerprint density at radius 1 is 1.55 bits per heavy atom. The van der Waals surface area contributed by atoms with Crippen molar-refractivity contribution < 1.29 is 19.2 Å². The highest BCUT2D eigenvalue weighted by molar-refractivity contribution is 5.76. The highest BCUT2D eigenvalue weighted by Gasteiger charge is 2.27. The van der Waals surface area contributed by atoms with Crippen LogP contribution in [-0.2, 0) is 11.2 Å². The first-order valence-electron chi connectivity index (χ1n) is 6.61. The summed E-state index contributed by atoms with van der Waals surface area (Å²) in [5.74, 6) is -0.270. The lowest BCUT2D eigenvalue weighted by Gasteiger charge is -2.30. The maximum absolute atomic E-state index is 11.9. The maximum atomic E-state index is 11.9. The van der Waals surface area contributed by atoms with Gasteiger partial charge < -0.3 is 19.8 Å². The van der Waals surface area contributed by atoms with Gasteiger partial charge in [-0.2, -0.15) is 4.98 Å². The molecule has 1 aliphatic heterocycles. The summed E-state index contributed by atoms with van der Waals surface area (Å²) in [4.78, 5) is 28.4. The number of aromatic nitrogens is 2. The van der Waals surface area contributed by atoms with Gasteiger partial charge in [0.15, 0.2) is 5.82 Å². The molecule has 8 nitrogen and oxygen atoms in total. The molecule has 8 heteroatoms. The van der Waals surface area contributed by atoms with Crippen molar-refractivity contribution in [1.82, 2.24) is 20.4 Å². The van der Waals surface area contributed by atoms with Crippen LogP contribution in [0.1, 0.15) is 24.6 Å². The first-order chi connectivity index (χ1) is 9.56. The SMILES string of the molecule is Cc1noc(CCNC(=O)N2CCC[C@H](C(=O)O)C2)n1. The number of aryl methyl sites for hydroxylation is 1. The zero-order valence-electron chi connectivity index (χ0n) is 11.3. The van der Waals surface area contributed by atoms with Crippen molar-refractivity contribution in [1.29, 1.82) is 0 Å². The Morgan fingerprint density at radius 3 is 3.00 bits per heavy atom. The number of nitrogens with zero attached hydrogens (tertiary/aromatic N) is 3. The topological polar surface area (TPSA) is 109 Å². The minimum absolute atomic E-state index is 0.243. The molecule has 1 aromatic rings. The standard InChI is InChI=1S/C12H18N4O4/c1-8-14-10(20-15-8)4-5-13-12(19)16-6-2-3-9(7-16)11(17)18/h9H,2-7H2,1H3,(H,13,19)(H,17,18)/t9-/m0/s1. The Kier molecular flexibility index (Phi) is 4.54. The number of rotatable bonds is 4. The number of urea groups is 1. The molecular weight excluding hydrogens is 264 g/mol. The van der Waals surface area contributed by atoms with Crippen LogP contribution < -0.4 is 5.32 Å². The van der Waals surface area contributed by atoms with Crippen LogP contribution in [0.25, 0.3) is 0 Å². The number of hydrogen-bond acceptors (Lipinski definition) is 5. The maximum Gasteiger partial charge on any atom is 0.317 e. The van der Waals surface area contributed by atoms with Gasteiger partial charge in [0.1, 0.15) is 0 Å². The van der Waals surface area contributed by atoms with E-state index < -0.39 is 11.9 Å². The summed E-state index contributed by atoms with van der Waals surface area (Å²) in [5, 5.41) is 15.4. The van der Waals surface area contributed by atoms with E-state index in [1.807, 2.05) is 0 Å². The molecule has 0 bridgehead atoms. The van der Waals surface area contributed by atoms with Crippen LogP contribution in [0.3, 0.4) is 0 Å². The number of carbonyl (C=O) groups is 2. The van der Waals surface area contributed by atoms with Gasteiger partial charge in [-0.1, -0.05) is 5.16 Å². The molecule has 2 amide bonds. The molecule has 1 aliphatic rings. The van der Waals surface area contributed by atoms with Crippen molar-refractivity contribution >= 4 is 12.0 Å². The zero-order valence-corrected chi connectivity index (χ0v) is 11.3. The molecule has 0 spiro atoms. The fourth-order valence-electron chi connectivity index (χ4n) is 2.19. The molecule has 1 atom stereocenters. The van der Waals surface area contributed by atoms with Gasteiger partial charge in [0.25, 0.3) is 0 Å². The molecule has 20 heavy (non-hydrogen) atoms. The van der Waals surface area contributed by atoms with E-state index in [0.29, 0.717) is 44.1 Å². The third kappa shape index (κ3) is 3.69. The van der Waals surface area contributed by atoms with Gasteiger partial charge in [0.05, 0.1) is 5.92 Å². The van der Waals surface area contributed by atoms with Gasteiger partial charge in [-0.3, -0.25) is 4.79 Å². The van der Waals surface area contributed by atoms with Gasteiger partial charge in [-0.25, -0.2) is 4.79 Å². The van der Waals surface area contributed by atoms with E-state index in [4.69, 9.17) is 9.63 Å². The minimum Gasteiger partial charge on any atom is -0.481 e. The molecule has 0 saturated carbocycles. The third-order valence-corrected chi connectivity index (χ3v) is 3.24. The number of piperidine rings is 1. The first-order valence-corrected chi connectivity index (χ1v) is 6.61. The number of carbonyl (C=O) groups excluding carboxylic acids is 1. The van der Waals surface area contributed by atoms with Crippen molar-refractivity contribution in [2.45, 2.75) is 26.2 Å². The predicted molar refractivity (Wildman–Crippen MR) is 68.1 cm³/mol. The summed E-state index contributed by atoms with van der Waals surface area (Å²) in [7, 11) is 0. The molecule has 1 fully saturated rings. The highest BCUT2D eigenvalue weighted by atomic mass is 16.5. The van der Waals surface area contributed by atoms with E-state index in [9.17, 15) is 9.59 Å². The Labute approximate surface area is 116 Å². The number of nitrogens with one attached hydrogen (secondary N) is 1. The van der Waals surface area contributed by atoms with Crippen molar-refractivity contribution in [3.63, 3.8) is 0 Å². The summed E-state index contributed by atoms with van der Waals surface area (Å²) in [6, 6.07) is -0.243. The Balaban J connectivity index is 1.75. The Bertz CT molecular complexity index is 488. The molecular formula is C12H18N4O4. The lowest BCUT2D eigenvalue weighted by atomic mass is 9.99. The van der Waals surface area contributed by atoms with Gasteiger partial charge in [0.2, 0.25) is 5.89 Å². The summed E-state index contributed by atoms with van der Waals surface area (Å²) in [6.07, 6.45) is 1.80. The van der Waals surface area contributed by atoms with Gasteiger partial charge in [0, 0.05) is 26.1 Å². The lowest BCUT2D eigenvalue weighted by Crippen LogP contribution is -2.47. The second-order valence-electron chi connectivity index (χ2n) is 4.84. The van der Waals surface area contributed by atoms with E-state index in [2.05, 4.69) is 15.5 Å². The van der Waals surface area contributed by atoms with Crippen molar-refractivity contribution in [2.75, 3.05) is 19.6 Å². The minimum atomic E-state index is -0.844. The normalized spacial score (nSPS) is 18.9. The number of hydrogen-bond donors (Lipinski definition) is 2. The highest BCUT2D eigenvalue weighted by Crippen LogP contribution is 2.16. The van der Waals surface area contributed by atoms with Crippen molar-refractivity contribution in [2.24, 2.45) is 5.92 Å². The number of aliphatic carboxylic acids is 1. The summed E-state index contributed by atoms with van der Waals surface area (Å²) in [6.45, 7) is 2.97. The molecule has 2 N–H and O–H groups in total. The summed E-state index contributed by atoms with van der Waals surface area (Å²) in [5.41, 5.74) is 0. The number of amides is 2. The van der Waals surface area contributed by atoms with E-state index >= 15 is 0 Å². The fraction of sp³-hybridized carbons (Fsp3) is 0.667. The van der Waals surface area contributed by atoms with Crippen LogP contribution >= 0.6 is 0 Å². The largest absolute Gasteiger partial charge is 0.481 e. The third-order valence-electron chi connectivity index (χ3n) is 3.24. The molecule has 0 unspecified atom stereocenters. The number of carboxylic acid groups (broad SMARTS) is 1. The van der Waals surface area contributed by atoms with Crippen molar-refractivity contribution in [3.05, 3.63) is 11.7 Å². The Morgan fingerprint density at radius 2 is 2.35 bits per heavy atom. The van der Waals surface area contributed by atoms with Crippen molar-refractivity contribution in [3.8, 4) is 0 Å². The average molecular weight is 282 g/mol. The van der Waals surface area contributed by atoms with E-state index in [0.717, 1.165) is 0 Å². The van der Waals surface area contributed by atoms with Crippen LogP contribution in [0, 0.1) is 12.8 Å². The molecule has 110 valence electrons. The first kappa shape index (κ1) is 14.3. The van der Waals surface area contributed by atoms with E-state index in [1.165, 1.54) is 0 Å². The quantitative estimate of drug-likeness (QED) is 0.828. The van der Waals surface area contributed by atoms with Gasteiger partial charge in [-0.15, -0.1) is 0 Å².